The largest absolute Gasteiger partial charge is 0.416 e. The van der Waals surface area contributed by atoms with Gasteiger partial charge in [0.1, 0.15) is 0 Å². The number of benzene rings is 1. The molecule has 0 fully saturated rings. The number of nitrogens with zero attached hydrogens (tertiary/aromatic N) is 1. The van der Waals surface area contributed by atoms with Crippen LogP contribution in [0.2, 0.25) is 0 Å². The third-order valence-corrected chi connectivity index (χ3v) is 3.97. The molecule has 0 saturated heterocycles. The van der Waals surface area contributed by atoms with Gasteiger partial charge in [-0.2, -0.15) is 13.2 Å². The maximum atomic E-state index is 12.9. The molecular formula is C17H21ClF3N3O2. The van der Waals surface area contributed by atoms with Gasteiger partial charge in [-0.3, -0.25) is 4.79 Å². The Morgan fingerprint density at radius 1 is 1.23 bits per heavy atom. The molecule has 1 aromatic carbocycles. The number of carbonyl (C=O) groups excluding carboxylic acids is 1. The second-order valence-electron chi connectivity index (χ2n) is 5.70. The summed E-state index contributed by atoms with van der Waals surface area (Å²) in [7, 11) is 0. The molecule has 0 aliphatic carbocycles. The van der Waals surface area contributed by atoms with Crippen LogP contribution in [0.4, 0.5) is 18.9 Å². The Balaban J connectivity index is 0.00000338. The molecule has 0 saturated carbocycles. The van der Waals surface area contributed by atoms with Gasteiger partial charge in [0.2, 0.25) is 5.76 Å². The summed E-state index contributed by atoms with van der Waals surface area (Å²) in [6.07, 6.45) is -2.84. The molecule has 9 heteroatoms. The minimum Gasteiger partial charge on any atom is -0.351 e. The van der Waals surface area contributed by atoms with Crippen LogP contribution in [-0.4, -0.2) is 11.1 Å². The molecule has 0 atom stereocenters. The number of nitrogens with two attached hydrogens (primary N) is 1. The van der Waals surface area contributed by atoms with Crippen molar-refractivity contribution >= 4 is 24.0 Å². The average Bonchev–Trinajstić information content (AvgIpc) is 3.05. The molecule has 144 valence electrons. The fraction of sp³-hybridized carbons (Fsp3) is 0.412. The van der Waals surface area contributed by atoms with E-state index in [1.165, 1.54) is 12.1 Å². The highest BCUT2D eigenvalue weighted by Gasteiger charge is 2.31. The smallest absolute Gasteiger partial charge is 0.351 e. The van der Waals surface area contributed by atoms with E-state index < -0.39 is 17.6 Å². The number of rotatable bonds is 6. The van der Waals surface area contributed by atoms with E-state index in [-0.39, 0.29) is 41.9 Å². The molecule has 0 aliphatic rings. The second-order valence-corrected chi connectivity index (χ2v) is 5.70. The molecule has 2 rings (SSSR count). The third-order valence-electron chi connectivity index (χ3n) is 3.97. The van der Waals surface area contributed by atoms with Crippen LogP contribution in [0.15, 0.2) is 28.8 Å². The summed E-state index contributed by atoms with van der Waals surface area (Å²) in [5, 5.41) is 6.28. The second kappa shape index (κ2) is 9.05. The molecule has 1 aromatic heterocycles. The molecule has 3 N–H and O–H groups in total. The number of halogens is 4. The lowest BCUT2D eigenvalue weighted by atomic mass is 9.99. The molecule has 0 unspecified atom stereocenters. The van der Waals surface area contributed by atoms with Gasteiger partial charge in [0.15, 0.2) is 0 Å². The number of carbonyl (C=O) groups is 1. The van der Waals surface area contributed by atoms with Gasteiger partial charge >= 0.3 is 6.18 Å². The van der Waals surface area contributed by atoms with Crippen molar-refractivity contribution in [1.82, 2.24) is 5.16 Å². The van der Waals surface area contributed by atoms with E-state index in [1.807, 2.05) is 13.8 Å². The van der Waals surface area contributed by atoms with Crippen LogP contribution < -0.4 is 11.1 Å². The minimum atomic E-state index is -4.53. The number of hydrogen-bond donors (Lipinski definition) is 2. The van der Waals surface area contributed by atoms with Gasteiger partial charge in [-0.15, -0.1) is 12.4 Å². The standard InChI is InChI=1S/C17H20F3N3O2.ClH/c1-3-11(4-2)14-8-15(25-23-14)16(24)22-13-6-10(9-21)5-12(7-13)17(18,19)20;/h5-8,11H,3-4,9,21H2,1-2H3,(H,22,24);1H. The summed E-state index contributed by atoms with van der Waals surface area (Å²) < 4.78 is 43.8. The van der Waals surface area contributed by atoms with E-state index in [2.05, 4.69) is 10.5 Å². The van der Waals surface area contributed by atoms with Gasteiger partial charge in [-0.1, -0.05) is 19.0 Å². The molecule has 0 aliphatic heterocycles. The molecule has 1 amide bonds. The van der Waals surface area contributed by atoms with Crippen molar-refractivity contribution in [3.8, 4) is 0 Å². The fourth-order valence-corrected chi connectivity index (χ4v) is 2.53. The topological polar surface area (TPSA) is 81.2 Å². The maximum Gasteiger partial charge on any atom is 0.416 e. The molecular weight excluding hydrogens is 371 g/mol. The van der Waals surface area contributed by atoms with Crippen molar-refractivity contribution in [3.63, 3.8) is 0 Å². The van der Waals surface area contributed by atoms with Crippen molar-refractivity contribution in [2.45, 2.75) is 45.3 Å². The Morgan fingerprint density at radius 3 is 2.42 bits per heavy atom. The summed E-state index contributed by atoms with van der Waals surface area (Å²) in [6, 6.07) is 4.72. The fourth-order valence-electron chi connectivity index (χ4n) is 2.53. The molecule has 5 nitrogen and oxygen atoms in total. The van der Waals surface area contributed by atoms with Crippen molar-refractivity contribution in [1.29, 1.82) is 0 Å². The molecule has 2 aromatic rings. The van der Waals surface area contributed by atoms with Crippen LogP contribution in [0.3, 0.4) is 0 Å². The van der Waals surface area contributed by atoms with E-state index >= 15 is 0 Å². The zero-order valence-electron chi connectivity index (χ0n) is 14.4. The molecule has 0 radical (unpaired) electrons. The monoisotopic (exact) mass is 391 g/mol. The number of aromatic nitrogens is 1. The quantitative estimate of drug-likeness (QED) is 0.745. The van der Waals surface area contributed by atoms with Gasteiger partial charge < -0.3 is 15.6 Å². The molecule has 0 spiro atoms. The minimum absolute atomic E-state index is 0. The number of hydrogen-bond acceptors (Lipinski definition) is 4. The van der Waals surface area contributed by atoms with Crippen LogP contribution in [-0.2, 0) is 12.7 Å². The first-order valence-corrected chi connectivity index (χ1v) is 7.97. The number of alkyl halides is 3. The highest BCUT2D eigenvalue weighted by molar-refractivity contribution is 6.02. The van der Waals surface area contributed by atoms with Crippen molar-refractivity contribution in [2.75, 3.05) is 5.32 Å². The van der Waals surface area contributed by atoms with Gasteiger partial charge in [-0.25, -0.2) is 0 Å². The first kappa shape index (κ1) is 22.0. The normalized spacial score (nSPS) is 11.3. The lowest BCUT2D eigenvalue weighted by molar-refractivity contribution is -0.137. The van der Waals surface area contributed by atoms with Crippen molar-refractivity contribution in [2.24, 2.45) is 5.73 Å². The molecule has 0 bridgehead atoms. The van der Waals surface area contributed by atoms with Crippen LogP contribution in [0.1, 0.15) is 60.0 Å². The Labute approximate surface area is 155 Å². The summed E-state index contributed by atoms with van der Waals surface area (Å²) in [5.74, 6) is -0.539. The van der Waals surface area contributed by atoms with E-state index in [4.69, 9.17) is 10.3 Å². The van der Waals surface area contributed by atoms with Crippen LogP contribution in [0.25, 0.3) is 0 Å². The zero-order chi connectivity index (χ0) is 18.6. The van der Waals surface area contributed by atoms with Crippen LogP contribution in [0, 0.1) is 0 Å². The lowest BCUT2D eigenvalue weighted by Crippen LogP contribution is -2.14. The summed E-state index contributed by atoms with van der Waals surface area (Å²) in [5.41, 5.74) is 5.48. The van der Waals surface area contributed by atoms with Gasteiger partial charge in [0, 0.05) is 24.2 Å². The maximum absolute atomic E-state index is 12.9. The highest BCUT2D eigenvalue weighted by atomic mass is 35.5. The SMILES string of the molecule is CCC(CC)c1cc(C(=O)Nc2cc(CN)cc(C(F)(F)F)c2)on1.Cl. The van der Waals surface area contributed by atoms with Crippen LogP contribution >= 0.6 is 12.4 Å². The van der Waals surface area contributed by atoms with Crippen LogP contribution in [0.5, 0.6) is 0 Å². The predicted molar refractivity (Wildman–Crippen MR) is 94.4 cm³/mol. The van der Waals surface area contributed by atoms with Gasteiger partial charge in [-0.05, 0) is 36.6 Å². The molecule has 1 heterocycles. The van der Waals surface area contributed by atoms with E-state index in [0.717, 1.165) is 25.0 Å². The third kappa shape index (κ3) is 5.22. The molecule has 26 heavy (non-hydrogen) atoms. The van der Waals surface area contributed by atoms with Crippen molar-refractivity contribution in [3.05, 3.63) is 46.8 Å². The average molecular weight is 392 g/mol. The van der Waals surface area contributed by atoms with Gasteiger partial charge in [0.25, 0.3) is 5.91 Å². The highest BCUT2D eigenvalue weighted by Crippen LogP contribution is 2.32. The van der Waals surface area contributed by atoms with Crippen molar-refractivity contribution < 1.29 is 22.5 Å². The van der Waals surface area contributed by atoms with Gasteiger partial charge in [0.05, 0.1) is 11.3 Å². The first-order valence-electron chi connectivity index (χ1n) is 7.97. The Hall–Kier alpha value is -2.06. The first-order chi connectivity index (χ1) is 11.8. The van der Waals surface area contributed by atoms with E-state index in [1.54, 1.807) is 0 Å². The van der Waals surface area contributed by atoms with E-state index in [0.29, 0.717) is 5.69 Å². The number of nitrogens with one attached hydrogen (secondary N) is 1. The Kier molecular flexibility index (Phi) is 7.65. The number of amides is 1. The van der Waals surface area contributed by atoms with E-state index in [9.17, 15) is 18.0 Å². The summed E-state index contributed by atoms with van der Waals surface area (Å²) in [4.78, 5) is 12.2. The number of anilines is 1. The summed E-state index contributed by atoms with van der Waals surface area (Å²) >= 11 is 0. The zero-order valence-corrected chi connectivity index (χ0v) is 15.2. The lowest BCUT2D eigenvalue weighted by Gasteiger charge is -2.11. The predicted octanol–water partition coefficient (Wildman–Crippen LogP) is 4.73. The Morgan fingerprint density at radius 2 is 1.88 bits per heavy atom. The summed E-state index contributed by atoms with van der Waals surface area (Å²) in [6.45, 7) is 3.92. The Bertz CT molecular complexity index is 743.